The van der Waals surface area contributed by atoms with Crippen molar-refractivity contribution in [3.63, 3.8) is 0 Å². The van der Waals surface area contributed by atoms with E-state index in [1.807, 2.05) is 18.2 Å². The number of aromatic nitrogens is 2. The van der Waals surface area contributed by atoms with Gasteiger partial charge in [-0.3, -0.25) is 4.79 Å². The topological polar surface area (TPSA) is 54.9 Å². The van der Waals surface area contributed by atoms with Gasteiger partial charge < -0.3 is 5.32 Å². The van der Waals surface area contributed by atoms with E-state index >= 15 is 0 Å². The van der Waals surface area contributed by atoms with Crippen LogP contribution in [0.1, 0.15) is 42.1 Å². The average Bonchev–Trinajstić information content (AvgIpc) is 3.02. The van der Waals surface area contributed by atoms with Crippen molar-refractivity contribution >= 4 is 34.4 Å². The summed E-state index contributed by atoms with van der Waals surface area (Å²) in [6.45, 7) is 4.37. The van der Waals surface area contributed by atoms with Crippen LogP contribution in [0.25, 0.3) is 11.0 Å². The minimum Gasteiger partial charge on any atom is -0.322 e. The molecule has 1 unspecified atom stereocenters. The Morgan fingerprint density at radius 3 is 2.59 bits per heavy atom. The predicted octanol–water partition coefficient (Wildman–Crippen LogP) is 4.46. The van der Waals surface area contributed by atoms with E-state index in [4.69, 9.17) is 0 Å². The monoisotopic (exact) mass is 311 g/mol. The number of rotatable bonds is 4. The minimum absolute atomic E-state index is 0.133. The molecule has 1 atom stereocenters. The Labute approximate surface area is 133 Å². The van der Waals surface area contributed by atoms with Gasteiger partial charge in [-0.25, -0.2) is 0 Å². The molecule has 4 nitrogen and oxygen atoms in total. The summed E-state index contributed by atoms with van der Waals surface area (Å²) in [4.78, 5) is 12.3. The predicted molar refractivity (Wildman–Crippen MR) is 90.5 cm³/mol. The van der Waals surface area contributed by atoms with Gasteiger partial charge in [-0.05, 0) is 48.2 Å². The minimum atomic E-state index is -0.133. The van der Waals surface area contributed by atoms with Crippen LogP contribution in [0.5, 0.6) is 0 Å². The first-order chi connectivity index (χ1) is 10.7. The van der Waals surface area contributed by atoms with Crippen LogP contribution in [0.15, 0.2) is 42.5 Å². The molecule has 0 aliphatic rings. The van der Waals surface area contributed by atoms with Crippen molar-refractivity contribution in [3.8, 4) is 0 Å². The van der Waals surface area contributed by atoms with Gasteiger partial charge in [-0.1, -0.05) is 26.0 Å². The highest BCUT2D eigenvalue weighted by Gasteiger charge is 2.09. The van der Waals surface area contributed by atoms with Crippen molar-refractivity contribution in [2.75, 3.05) is 5.32 Å². The summed E-state index contributed by atoms with van der Waals surface area (Å²) in [7, 11) is 0. The van der Waals surface area contributed by atoms with E-state index in [-0.39, 0.29) is 5.91 Å². The maximum atomic E-state index is 12.3. The van der Waals surface area contributed by atoms with Gasteiger partial charge in [0.2, 0.25) is 0 Å². The Kier molecular flexibility index (Phi) is 4.15. The van der Waals surface area contributed by atoms with Crippen LogP contribution in [0, 0.1) is 0 Å². The van der Waals surface area contributed by atoms with Crippen molar-refractivity contribution < 1.29 is 4.79 Å². The Balaban J connectivity index is 1.75. The summed E-state index contributed by atoms with van der Waals surface area (Å²) in [6.07, 6.45) is 1.10. The zero-order valence-electron chi connectivity index (χ0n) is 12.5. The van der Waals surface area contributed by atoms with Crippen molar-refractivity contribution in [1.29, 1.82) is 0 Å². The highest BCUT2D eigenvalue weighted by molar-refractivity contribution is 7.00. The van der Waals surface area contributed by atoms with Gasteiger partial charge in [0, 0.05) is 11.3 Å². The largest absolute Gasteiger partial charge is 0.322 e. The van der Waals surface area contributed by atoms with E-state index in [0.29, 0.717) is 11.5 Å². The number of nitrogens with one attached hydrogen (secondary N) is 1. The Morgan fingerprint density at radius 1 is 1.14 bits per heavy atom. The molecule has 0 radical (unpaired) electrons. The quantitative estimate of drug-likeness (QED) is 0.774. The second-order valence-corrected chi connectivity index (χ2v) is 5.88. The number of anilines is 1. The molecule has 112 valence electrons. The number of carbonyl (C=O) groups excluding carboxylic acids is 1. The summed E-state index contributed by atoms with van der Waals surface area (Å²) in [5.74, 6) is 0.399. The van der Waals surface area contributed by atoms with E-state index in [1.165, 1.54) is 5.56 Å². The number of amides is 1. The highest BCUT2D eigenvalue weighted by atomic mass is 32.1. The second-order valence-electron chi connectivity index (χ2n) is 5.35. The van der Waals surface area contributed by atoms with Crippen LogP contribution in [0.3, 0.4) is 0 Å². The van der Waals surface area contributed by atoms with Gasteiger partial charge in [0.05, 0.1) is 11.7 Å². The fraction of sp³-hybridized carbons (Fsp3) is 0.235. The molecule has 3 aromatic rings. The van der Waals surface area contributed by atoms with Gasteiger partial charge >= 0.3 is 0 Å². The van der Waals surface area contributed by atoms with Crippen LogP contribution >= 0.6 is 11.7 Å². The molecule has 1 N–H and O–H groups in total. The summed E-state index contributed by atoms with van der Waals surface area (Å²) in [5.41, 5.74) is 4.25. The lowest BCUT2D eigenvalue weighted by atomic mass is 9.98. The van der Waals surface area contributed by atoms with Gasteiger partial charge in [0.25, 0.3) is 5.91 Å². The third-order valence-electron chi connectivity index (χ3n) is 3.87. The molecular formula is C17H17N3OS. The van der Waals surface area contributed by atoms with Crippen LogP contribution in [-0.2, 0) is 0 Å². The van der Waals surface area contributed by atoms with Gasteiger partial charge in [0.1, 0.15) is 11.0 Å². The molecule has 2 aromatic carbocycles. The summed E-state index contributed by atoms with van der Waals surface area (Å²) in [6, 6.07) is 13.4. The molecular weight excluding hydrogens is 294 g/mol. The average molecular weight is 311 g/mol. The number of benzene rings is 2. The van der Waals surface area contributed by atoms with Gasteiger partial charge in [-0.2, -0.15) is 8.75 Å². The molecule has 5 heteroatoms. The summed E-state index contributed by atoms with van der Waals surface area (Å²) < 4.78 is 8.30. The highest BCUT2D eigenvalue weighted by Crippen LogP contribution is 2.21. The lowest BCUT2D eigenvalue weighted by molar-refractivity contribution is 0.102. The third kappa shape index (κ3) is 2.99. The van der Waals surface area contributed by atoms with Crippen molar-refractivity contribution in [3.05, 3.63) is 53.6 Å². The van der Waals surface area contributed by atoms with Crippen LogP contribution in [0.4, 0.5) is 5.69 Å². The molecule has 1 heterocycles. The molecule has 0 saturated carbocycles. The number of hydrogen-bond acceptors (Lipinski definition) is 4. The third-order valence-corrected chi connectivity index (χ3v) is 4.42. The van der Waals surface area contributed by atoms with E-state index in [1.54, 1.807) is 12.1 Å². The first-order valence-corrected chi connectivity index (χ1v) is 8.04. The molecule has 0 aliphatic carbocycles. The van der Waals surface area contributed by atoms with E-state index in [9.17, 15) is 4.79 Å². The van der Waals surface area contributed by atoms with Gasteiger partial charge in [0.15, 0.2) is 0 Å². The first kappa shape index (κ1) is 14.7. The summed E-state index contributed by atoms with van der Waals surface area (Å²) >= 11 is 1.15. The zero-order chi connectivity index (χ0) is 15.5. The molecule has 1 amide bonds. The number of carbonyl (C=O) groups is 1. The second kappa shape index (κ2) is 6.23. The Morgan fingerprint density at radius 2 is 1.86 bits per heavy atom. The van der Waals surface area contributed by atoms with E-state index in [2.05, 4.69) is 40.0 Å². The SMILES string of the molecule is CCC(C)c1ccc(NC(=O)c2ccc3nsnc3c2)cc1. The van der Waals surface area contributed by atoms with Crippen molar-refractivity contribution in [1.82, 2.24) is 8.75 Å². The molecule has 3 rings (SSSR count). The summed E-state index contributed by atoms with van der Waals surface area (Å²) in [5, 5.41) is 2.92. The molecule has 1 aromatic heterocycles. The first-order valence-electron chi connectivity index (χ1n) is 7.31. The zero-order valence-corrected chi connectivity index (χ0v) is 13.4. The number of hydrogen-bond donors (Lipinski definition) is 1. The molecule has 0 bridgehead atoms. The maximum absolute atomic E-state index is 12.3. The number of fused-ring (bicyclic) bond motifs is 1. The number of nitrogens with zero attached hydrogens (tertiary/aromatic N) is 2. The van der Waals surface area contributed by atoms with Crippen molar-refractivity contribution in [2.24, 2.45) is 0 Å². The standard InChI is InChI=1S/C17H17N3OS/c1-3-11(2)12-4-7-14(8-5-12)18-17(21)13-6-9-15-16(10-13)20-22-19-15/h4-11H,3H2,1-2H3,(H,18,21). The van der Waals surface area contributed by atoms with Crippen LogP contribution in [-0.4, -0.2) is 14.7 Å². The van der Waals surface area contributed by atoms with Crippen molar-refractivity contribution in [2.45, 2.75) is 26.2 Å². The lowest BCUT2D eigenvalue weighted by Crippen LogP contribution is -2.11. The van der Waals surface area contributed by atoms with Crippen LogP contribution < -0.4 is 5.32 Å². The smallest absolute Gasteiger partial charge is 0.255 e. The van der Waals surface area contributed by atoms with Crippen LogP contribution in [0.2, 0.25) is 0 Å². The fourth-order valence-electron chi connectivity index (χ4n) is 2.26. The molecule has 0 spiro atoms. The molecule has 0 fully saturated rings. The lowest BCUT2D eigenvalue weighted by Gasteiger charge is -2.10. The normalized spacial score (nSPS) is 12.3. The molecule has 22 heavy (non-hydrogen) atoms. The Bertz CT molecular complexity index is 795. The van der Waals surface area contributed by atoms with Gasteiger partial charge in [-0.15, -0.1) is 0 Å². The maximum Gasteiger partial charge on any atom is 0.255 e. The van der Waals surface area contributed by atoms with E-state index in [0.717, 1.165) is 34.9 Å². The van der Waals surface area contributed by atoms with E-state index < -0.39 is 0 Å². The molecule has 0 saturated heterocycles. The Hall–Kier alpha value is -2.27. The fourth-order valence-corrected chi connectivity index (χ4v) is 2.77. The molecule has 0 aliphatic heterocycles.